The van der Waals surface area contributed by atoms with E-state index in [1.54, 1.807) is 12.1 Å². The maximum Gasteiger partial charge on any atom is 0.339 e. The van der Waals surface area contributed by atoms with Crippen LogP contribution in [0.2, 0.25) is 0 Å². The minimum absolute atomic E-state index is 0.300. The normalized spacial score (nSPS) is 15.7. The molecular formula is C13H18N2O2. The first-order valence-corrected chi connectivity index (χ1v) is 5.95. The van der Waals surface area contributed by atoms with Gasteiger partial charge in [-0.3, -0.25) is 0 Å². The summed E-state index contributed by atoms with van der Waals surface area (Å²) in [6.45, 7) is 1.96. The van der Waals surface area contributed by atoms with Crippen molar-refractivity contribution in [1.29, 1.82) is 0 Å². The van der Waals surface area contributed by atoms with Gasteiger partial charge < -0.3 is 15.4 Å². The Morgan fingerprint density at radius 3 is 2.65 bits per heavy atom. The summed E-state index contributed by atoms with van der Waals surface area (Å²) in [5, 5.41) is 0. The van der Waals surface area contributed by atoms with Crippen LogP contribution in [0, 0.1) is 0 Å². The van der Waals surface area contributed by atoms with Gasteiger partial charge in [-0.15, -0.1) is 0 Å². The molecule has 0 aromatic heterocycles. The molecule has 1 aliphatic heterocycles. The maximum atomic E-state index is 11.7. The number of hydrogen-bond donors (Lipinski definition) is 1. The van der Waals surface area contributed by atoms with Gasteiger partial charge in [0.25, 0.3) is 0 Å². The topological polar surface area (TPSA) is 55.6 Å². The van der Waals surface area contributed by atoms with Crippen LogP contribution in [0.15, 0.2) is 18.2 Å². The van der Waals surface area contributed by atoms with Crippen molar-refractivity contribution in [2.45, 2.75) is 19.3 Å². The van der Waals surface area contributed by atoms with Gasteiger partial charge in [0, 0.05) is 18.8 Å². The second kappa shape index (κ2) is 5.08. The lowest BCUT2D eigenvalue weighted by atomic mass is 10.1. The van der Waals surface area contributed by atoms with Crippen LogP contribution in [0.25, 0.3) is 0 Å². The molecule has 4 nitrogen and oxygen atoms in total. The molecule has 0 spiro atoms. The average Bonchev–Trinajstić information content (AvgIpc) is 2.39. The van der Waals surface area contributed by atoms with E-state index >= 15 is 0 Å². The number of piperidine rings is 1. The Kier molecular flexibility index (Phi) is 3.52. The summed E-state index contributed by atoms with van der Waals surface area (Å²) in [5.41, 5.74) is 7.98. The minimum Gasteiger partial charge on any atom is -0.465 e. The first-order valence-electron chi connectivity index (χ1n) is 5.95. The molecule has 0 radical (unpaired) electrons. The quantitative estimate of drug-likeness (QED) is 0.628. The zero-order chi connectivity index (χ0) is 12.3. The molecule has 17 heavy (non-hydrogen) atoms. The van der Waals surface area contributed by atoms with Gasteiger partial charge in [0.1, 0.15) is 0 Å². The van der Waals surface area contributed by atoms with Crippen LogP contribution in [-0.4, -0.2) is 26.2 Å². The number of nitrogens with zero attached hydrogens (tertiary/aromatic N) is 1. The van der Waals surface area contributed by atoms with E-state index in [1.807, 2.05) is 6.07 Å². The van der Waals surface area contributed by atoms with Gasteiger partial charge in [0.2, 0.25) is 0 Å². The fourth-order valence-corrected chi connectivity index (χ4v) is 2.23. The minimum atomic E-state index is -0.300. The highest BCUT2D eigenvalue weighted by Crippen LogP contribution is 2.27. The highest BCUT2D eigenvalue weighted by atomic mass is 16.5. The van der Waals surface area contributed by atoms with E-state index in [1.165, 1.54) is 13.5 Å². The molecule has 0 saturated carbocycles. The summed E-state index contributed by atoms with van der Waals surface area (Å²) >= 11 is 0. The van der Waals surface area contributed by atoms with Gasteiger partial charge in [-0.1, -0.05) is 0 Å². The lowest BCUT2D eigenvalue weighted by Crippen LogP contribution is -2.31. The van der Waals surface area contributed by atoms with Crippen molar-refractivity contribution >= 4 is 17.3 Å². The second-order valence-electron chi connectivity index (χ2n) is 4.32. The van der Waals surface area contributed by atoms with Gasteiger partial charge in [0.15, 0.2) is 0 Å². The van der Waals surface area contributed by atoms with Crippen molar-refractivity contribution in [2.75, 3.05) is 30.8 Å². The average molecular weight is 234 g/mol. The number of carbonyl (C=O) groups excluding carboxylic acids is 1. The molecule has 0 amide bonds. The molecule has 4 heteroatoms. The van der Waals surface area contributed by atoms with Crippen LogP contribution < -0.4 is 10.6 Å². The number of nitrogen functional groups attached to an aromatic ring is 1. The monoisotopic (exact) mass is 234 g/mol. The molecule has 1 aromatic carbocycles. The third-order valence-corrected chi connectivity index (χ3v) is 3.12. The van der Waals surface area contributed by atoms with Crippen molar-refractivity contribution < 1.29 is 9.53 Å². The largest absolute Gasteiger partial charge is 0.465 e. The van der Waals surface area contributed by atoms with E-state index in [0.29, 0.717) is 11.3 Å². The SMILES string of the molecule is COC(=O)c1ccc(N)cc1N1CCCCC1. The molecule has 1 fully saturated rings. The Morgan fingerprint density at radius 2 is 2.00 bits per heavy atom. The number of carbonyl (C=O) groups is 1. The molecule has 0 atom stereocenters. The summed E-state index contributed by atoms with van der Waals surface area (Å²) in [6, 6.07) is 5.34. The number of esters is 1. The highest BCUT2D eigenvalue weighted by Gasteiger charge is 2.19. The van der Waals surface area contributed by atoms with Crippen LogP contribution in [0.3, 0.4) is 0 Å². The summed E-state index contributed by atoms with van der Waals surface area (Å²) < 4.78 is 4.80. The van der Waals surface area contributed by atoms with Crippen LogP contribution >= 0.6 is 0 Å². The van der Waals surface area contributed by atoms with Gasteiger partial charge >= 0.3 is 5.97 Å². The molecular weight excluding hydrogens is 216 g/mol. The predicted molar refractivity (Wildman–Crippen MR) is 68.3 cm³/mol. The van der Waals surface area contributed by atoms with E-state index < -0.39 is 0 Å². The first kappa shape index (κ1) is 11.8. The Labute approximate surface area is 101 Å². The second-order valence-corrected chi connectivity index (χ2v) is 4.32. The van der Waals surface area contributed by atoms with E-state index in [4.69, 9.17) is 10.5 Å². The fourth-order valence-electron chi connectivity index (χ4n) is 2.23. The number of rotatable bonds is 2. The van der Waals surface area contributed by atoms with E-state index in [0.717, 1.165) is 31.6 Å². The molecule has 1 aromatic rings. The lowest BCUT2D eigenvalue weighted by Gasteiger charge is -2.30. The van der Waals surface area contributed by atoms with Gasteiger partial charge in [-0.2, -0.15) is 0 Å². The van der Waals surface area contributed by atoms with Crippen LogP contribution in [0.5, 0.6) is 0 Å². The van der Waals surface area contributed by atoms with Crippen LogP contribution in [0.4, 0.5) is 11.4 Å². The number of nitrogens with two attached hydrogens (primary N) is 1. The summed E-state index contributed by atoms with van der Waals surface area (Å²) in [7, 11) is 1.40. The standard InChI is InChI=1S/C13H18N2O2/c1-17-13(16)11-6-5-10(14)9-12(11)15-7-3-2-4-8-15/h5-6,9H,2-4,7-8,14H2,1H3. The van der Waals surface area contributed by atoms with Crippen LogP contribution in [-0.2, 0) is 4.74 Å². The molecule has 92 valence electrons. The molecule has 1 heterocycles. The zero-order valence-corrected chi connectivity index (χ0v) is 10.1. The van der Waals surface area contributed by atoms with Crippen molar-refractivity contribution in [2.24, 2.45) is 0 Å². The third kappa shape index (κ3) is 2.52. The van der Waals surface area contributed by atoms with Crippen molar-refractivity contribution in [3.05, 3.63) is 23.8 Å². The molecule has 2 N–H and O–H groups in total. The Bertz CT molecular complexity index is 412. The van der Waals surface area contributed by atoms with E-state index in [-0.39, 0.29) is 5.97 Å². The van der Waals surface area contributed by atoms with Gasteiger partial charge in [0.05, 0.1) is 18.4 Å². The fraction of sp³-hybridized carbons (Fsp3) is 0.462. The summed E-state index contributed by atoms with van der Waals surface area (Å²) in [4.78, 5) is 13.9. The number of ether oxygens (including phenoxy) is 1. The molecule has 2 rings (SSSR count). The van der Waals surface area contributed by atoms with Gasteiger partial charge in [-0.25, -0.2) is 4.79 Å². The Morgan fingerprint density at radius 1 is 1.29 bits per heavy atom. The Balaban J connectivity index is 2.35. The van der Waals surface area contributed by atoms with Gasteiger partial charge in [-0.05, 0) is 37.5 Å². The lowest BCUT2D eigenvalue weighted by molar-refractivity contribution is 0.0601. The van der Waals surface area contributed by atoms with Crippen molar-refractivity contribution in [1.82, 2.24) is 0 Å². The third-order valence-electron chi connectivity index (χ3n) is 3.12. The van der Waals surface area contributed by atoms with E-state index in [2.05, 4.69) is 4.90 Å². The van der Waals surface area contributed by atoms with E-state index in [9.17, 15) is 4.79 Å². The predicted octanol–water partition coefficient (Wildman–Crippen LogP) is 2.05. The molecule has 0 unspecified atom stereocenters. The number of hydrogen-bond acceptors (Lipinski definition) is 4. The van der Waals surface area contributed by atoms with Crippen LogP contribution in [0.1, 0.15) is 29.6 Å². The summed E-state index contributed by atoms with van der Waals surface area (Å²) in [6.07, 6.45) is 3.58. The zero-order valence-electron chi connectivity index (χ0n) is 10.1. The number of anilines is 2. The smallest absolute Gasteiger partial charge is 0.339 e. The maximum absolute atomic E-state index is 11.7. The number of methoxy groups -OCH3 is 1. The molecule has 1 saturated heterocycles. The first-order chi connectivity index (χ1) is 8.22. The number of benzene rings is 1. The molecule has 1 aliphatic rings. The van der Waals surface area contributed by atoms with Crippen molar-refractivity contribution in [3.8, 4) is 0 Å². The van der Waals surface area contributed by atoms with Crippen molar-refractivity contribution in [3.63, 3.8) is 0 Å². The highest BCUT2D eigenvalue weighted by molar-refractivity contribution is 5.96. The molecule has 0 aliphatic carbocycles. The summed E-state index contributed by atoms with van der Waals surface area (Å²) in [5.74, 6) is -0.300. The Hall–Kier alpha value is -1.71. The molecule has 0 bridgehead atoms.